The molecule has 0 unspecified atom stereocenters. The molecule has 108 valence electrons. The zero-order valence-electron chi connectivity index (χ0n) is 10.9. The number of terminal acetylenes is 1. The Hall–Kier alpha value is -2.10. The quantitative estimate of drug-likeness (QED) is 0.684. The number of nitrogens with zero attached hydrogens (tertiary/aromatic N) is 1. The summed E-state index contributed by atoms with van der Waals surface area (Å²) in [6.07, 6.45) is 6.49. The lowest BCUT2D eigenvalue weighted by molar-refractivity contribution is -0.122. The number of hydrogen-bond donors (Lipinski definition) is 1. The lowest BCUT2D eigenvalue weighted by atomic mass is 10.1. The number of carbonyl (C=O) groups excluding carboxylic acids is 2. The van der Waals surface area contributed by atoms with E-state index < -0.39 is 11.1 Å². The van der Waals surface area contributed by atoms with E-state index >= 15 is 0 Å². The van der Waals surface area contributed by atoms with Crippen LogP contribution in [0.1, 0.15) is 5.56 Å². The maximum atomic E-state index is 12.0. The number of methoxy groups -OCH3 is 1. The van der Waals surface area contributed by atoms with Crippen molar-refractivity contribution >= 4 is 40.6 Å². The highest BCUT2D eigenvalue weighted by molar-refractivity contribution is 8.18. The Morgan fingerprint density at radius 3 is 2.86 bits per heavy atom. The Labute approximate surface area is 130 Å². The van der Waals surface area contributed by atoms with E-state index in [0.29, 0.717) is 5.02 Å². The van der Waals surface area contributed by atoms with Crippen molar-refractivity contribution in [1.82, 2.24) is 4.90 Å². The summed E-state index contributed by atoms with van der Waals surface area (Å²) in [5, 5.41) is 9.90. The van der Waals surface area contributed by atoms with E-state index in [0.717, 1.165) is 16.7 Å². The fourth-order valence-electron chi connectivity index (χ4n) is 1.73. The Kier molecular flexibility index (Phi) is 4.46. The topological polar surface area (TPSA) is 66.8 Å². The molecular formula is C14H10ClNO4S. The van der Waals surface area contributed by atoms with Gasteiger partial charge in [-0.25, -0.2) is 0 Å². The predicted octanol–water partition coefficient (Wildman–Crippen LogP) is 2.72. The van der Waals surface area contributed by atoms with Crippen LogP contribution in [0.15, 0.2) is 17.0 Å². The molecule has 1 saturated heterocycles. The van der Waals surface area contributed by atoms with Gasteiger partial charge < -0.3 is 9.84 Å². The average molecular weight is 324 g/mol. The molecular weight excluding hydrogens is 314 g/mol. The Morgan fingerprint density at radius 2 is 2.24 bits per heavy atom. The Balaban J connectivity index is 2.42. The SMILES string of the molecule is C#CCN1C(=O)S/C(=C\c2cc(Cl)cc(OC)c2O)C1=O. The van der Waals surface area contributed by atoms with Gasteiger partial charge in [0.1, 0.15) is 0 Å². The highest BCUT2D eigenvalue weighted by Crippen LogP contribution is 2.38. The average Bonchev–Trinajstić information content (AvgIpc) is 2.70. The first-order chi connectivity index (χ1) is 9.97. The van der Waals surface area contributed by atoms with Crippen LogP contribution < -0.4 is 4.74 Å². The molecule has 2 amide bonds. The van der Waals surface area contributed by atoms with Gasteiger partial charge in [-0.3, -0.25) is 14.5 Å². The fourth-order valence-corrected chi connectivity index (χ4v) is 2.77. The predicted molar refractivity (Wildman–Crippen MR) is 81.2 cm³/mol. The van der Waals surface area contributed by atoms with Crippen LogP contribution in [0.2, 0.25) is 5.02 Å². The van der Waals surface area contributed by atoms with Gasteiger partial charge in [-0.2, -0.15) is 0 Å². The summed E-state index contributed by atoms with van der Waals surface area (Å²) in [6.45, 7) is -0.0904. The van der Waals surface area contributed by atoms with Crippen molar-refractivity contribution in [3.8, 4) is 23.8 Å². The molecule has 5 nitrogen and oxygen atoms in total. The second kappa shape index (κ2) is 6.12. The van der Waals surface area contributed by atoms with Gasteiger partial charge in [0.2, 0.25) is 0 Å². The standard InChI is InChI=1S/C14H10ClNO4S/c1-3-4-16-13(18)11(21-14(16)19)6-8-5-9(15)7-10(20-2)12(8)17/h1,5-7,17H,4H2,2H3/b11-6-. The van der Waals surface area contributed by atoms with Gasteiger partial charge in [0.05, 0.1) is 18.6 Å². The third kappa shape index (κ3) is 2.99. The number of phenols is 1. The minimum atomic E-state index is -0.499. The number of amides is 2. The Bertz CT molecular complexity index is 693. The van der Waals surface area contributed by atoms with Crippen LogP contribution in [0.25, 0.3) is 6.08 Å². The van der Waals surface area contributed by atoms with Crippen LogP contribution in [-0.4, -0.2) is 34.8 Å². The molecule has 0 spiro atoms. The van der Waals surface area contributed by atoms with Gasteiger partial charge >= 0.3 is 0 Å². The van der Waals surface area contributed by atoms with E-state index in [1.165, 1.54) is 25.3 Å². The number of benzene rings is 1. The number of thioether (sulfide) groups is 1. The molecule has 1 aliphatic heterocycles. The molecule has 0 radical (unpaired) electrons. The summed E-state index contributed by atoms with van der Waals surface area (Å²) in [7, 11) is 1.38. The second-order valence-electron chi connectivity index (χ2n) is 4.02. The molecule has 2 rings (SSSR count). The molecule has 0 atom stereocenters. The van der Waals surface area contributed by atoms with Crippen LogP contribution in [0.5, 0.6) is 11.5 Å². The molecule has 0 bridgehead atoms. The van der Waals surface area contributed by atoms with Crippen molar-refractivity contribution < 1.29 is 19.4 Å². The van der Waals surface area contributed by atoms with Crippen LogP contribution >= 0.6 is 23.4 Å². The van der Waals surface area contributed by atoms with Gasteiger partial charge in [0.15, 0.2) is 11.5 Å². The van der Waals surface area contributed by atoms with Crippen molar-refractivity contribution in [3.63, 3.8) is 0 Å². The molecule has 1 aromatic rings. The summed E-state index contributed by atoms with van der Waals surface area (Å²) < 4.78 is 4.98. The zero-order valence-corrected chi connectivity index (χ0v) is 12.5. The van der Waals surface area contributed by atoms with Crippen molar-refractivity contribution in [1.29, 1.82) is 0 Å². The number of halogens is 1. The maximum Gasteiger partial charge on any atom is 0.294 e. The molecule has 0 aliphatic carbocycles. The van der Waals surface area contributed by atoms with Crippen LogP contribution in [-0.2, 0) is 4.79 Å². The lowest BCUT2D eigenvalue weighted by Crippen LogP contribution is -2.28. The highest BCUT2D eigenvalue weighted by Gasteiger charge is 2.34. The molecule has 1 aromatic carbocycles. The van der Waals surface area contributed by atoms with E-state index in [-0.39, 0.29) is 28.5 Å². The fraction of sp³-hybridized carbons (Fsp3) is 0.143. The summed E-state index contributed by atoms with van der Waals surface area (Å²) in [6, 6.07) is 2.91. The molecule has 1 N–H and O–H groups in total. The third-order valence-electron chi connectivity index (χ3n) is 2.70. The minimum absolute atomic E-state index is 0.0904. The monoisotopic (exact) mass is 323 g/mol. The highest BCUT2D eigenvalue weighted by atomic mass is 35.5. The minimum Gasteiger partial charge on any atom is -0.504 e. The van der Waals surface area contributed by atoms with Crippen molar-refractivity contribution in [2.24, 2.45) is 0 Å². The molecule has 1 fully saturated rings. The number of hydrogen-bond acceptors (Lipinski definition) is 5. The van der Waals surface area contributed by atoms with Gasteiger partial charge in [0, 0.05) is 16.7 Å². The first-order valence-electron chi connectivity index (χ1n) is 5.73. The van der Waals surface area contributed by atoms with E-state index in [9.17, 15) is 14.7 Å². The normalized spacial score (nSPS) is 16.4. The van der Waals surface area contributed by atoms with E-state index in [1.54, 1.807) is 0 Å². The van der Waals surface area contributed by atoms with E-state index in [4.69, 9.17) is 22.8 Å². The van der Waals surface area contributed by atoms with Crippen molar-refractivity contribution in [2.75, 3.05) is 13.7 Å². The molecule has 21 heavy (non-hydrogen) atoms. The number of rotatable bonds is 3. The molecule has 0 saturated carbocycles. The zero-order chi connectivity index (χ0) is 15.6. The van der Waals surface area contributed by atoms with Crippen molar-refractivity contribution in [2.45, 2.75) is 0 Å². The van der Waals surface area contributed by atoms with Gasteiger partial charge in [-0.1, -0.05) is 17.5 Å². The van der Waals surface area contributed by atoms with E-state index in [2.05, 4.69) is 5.92 Å². The summed E-state index contributed by atoms with van der Waals surface area (Å²) in [5.41, 5.74) is 0.283. The summed E-state index contributed by atoms with van der Waals surface area (Å²) in [5.74, 6) is 1.76. The molecule has 0 aromatic heterocycles. The smallest absolute Gasteiger partial charge is 0.294 e. The van der Waals surface area contributed by atoms with Gasteiger partial charge in [-0.15, -0.1) is 6.42 Å². The molecule has 7 heteroatoms. The number of imide groups is 1. The number of phenolic OH excluding ortho intramolecular Hbond substituents is 1. The number of aromatic hydroxyl groups is 1. The second-order valence-corrected chi connectivity index (χ2v) is 5.45. The number of ether oxygens (including phenoxy) is 1. The first-order valence-corrected chi connectivity index (χ1v) is 6.92. The first kappa shape index (κ1) is 15.3. The Morgan fingerprint density at radius 1 is 1.52 bits per heavy atom. The molecule has 1 heterocycles. The van der Waals surface area contributed by atoms with Gasteiger partial charge in [-0.05, 0) is 23.9 Å². The van der Waals surface area contributed by atoms with Gasteiger partial charge in [0.25, 0.3) is 11.1 Å². The maximum absolute atomic E-state index is 12.0. The molecule has 1 aliphatic rings. The summed E-state index contributed by atoms with van der Waals surface area (Å²) >= 11 is 6.67. The lowest BCUT2D eigenvalue weighted by Gasteiger charge is -2.08. The third-order valence-corrected chi connectivity index (χ3v) is 3.82. The largest absolute Gasteiger partial charge is 0.504 e. The summed E-state index contributed by atoms with van der Waals surface area (Å²) in [4.78, 5) is 24.8. The van der Waals surface area contributed by atoms with E-state index in [1.807, 2.05) is 0 Å². The van der Waals surface area contributed by atoms with Crippen LogP contribution in [0.3, 0.4) is 0 Å². The van der Waals surface area contributed by atoms with Crippen LogP contribution in [0.4, 0.5) is 4.79 Å². The number of carbonyl (C=O) groups is 2. The van der Waals surface area contributed by atoms with Crippen molar-refractivity contribution in [3.05, 3.63) is 27.6 Å². The van der Waals surface area contributed by atoms with Crippen LogP contribution in [0, 0.1) is 12.3 Å².